The Balaban J connectivity index is 1.81. The lowest BCUT2D eigenvalue weighted by Gasteiger charge is -2.41. The standard InChI is InChI=1S/C23H36F5NO4S/c1-20(2,3)33-19(30)21(12-16-32-17-13-21)34(31)29-14-9-18(10-15-29)8-6-4-5-7-11-22(24,25)23(26,27)28/h5,7,18H,4,6,8-17H2,1-3H3/b7-5+. The molecule has 5 nitrogen and oxygen atoms in total. The number of ether oxygens (including phenoxy) is 2. The third kappa shape index (κ3) is 7.98. The summed E-state index contributed by atoms with van der Waals surface area (Å²) < 4.78 is 87.5. The van der Waals surface area contributed by atoms with E-state index in [9.17, 15) is 31.0 Å². The van der Waals surface area contributed by atoms with Crippen LogP contribution < -0.4 is 0 Å². The predicted octanol–water partition coefficient (Wildman–Crippen LogP) is 5.57. The van der Waals surface area contributed by atoms with Gasteiger partial charge in [-0.3, -0.25) is 4.79 Å². The van der Waals surface area contributed by atoms with Gasteiger partial charge in [0.25, 0.3) is 0 Å². The first-order valence-corrected chi connectivity index (χ1v) is 12.9. The molecule has 198 valence electrons. The van der Waals surface area contributed by atoms with E-state index in [0.29, 0.717) is 57.9 Å². The number of halogens is 5. The molecule has 0 aromatic rings. The lowest BCUT2D eigenvalue weighted by Crippen LogP contribution is -2.55. The maximum absolute atomic E-state index is 13.5. The van der Waals surface area contributed by atoms with Gasteiger partial charge in [-0.05, 0) is 65.2 Å². The van der Waals surface area contributed by atoms with Crippen molar-refractivity contribution in [1.82, 2.24) is 4.31 Å². The van der Waals surface area contributed by atoms with E-state index in [1.165, 1.54) is 6.08 Å². The summed E-state index contributed by atoms with van der Waals surface area (Å²) in [4.78, 5) is 13.0. The van der Waals surface area contributed by atoms with Crippen molar-refractivity contribution < 1.29 is 40.4 Å². The van der Waals surface area contributed by atoms with Gasteiger partial charge >= 0.3 is 18.1 Å². The summed E-state index contributed by atoms with van der Waals surface area (Å²) in [6.45, 7) is 7.18. The van der Waals surface area contributed by atoms with Crippen LogP contribution in [0.25, 0.3) is 0 Å². The second kappa shape index (κ2) is 11.8. The van der Waals surface area contributed by atoms with Crippen molar-refractivity contribution in [3.8, 4) is 0 Å². The number of nitrogens with zero attached hydrogens (tertiary/aromatic N) is 1. The quantitative estimate of drug-likeness (QED) is 0.174. The summed E-state index contributed by atoms with van der Waals surface area (Å²) >= 11 is 0. The van der Waals surface area contributed by atoms with E-state index in [-0.39, 0.29) is 0 Å². The number of carbonyl (C=O) groups excluding carboxylic acids is 1. The van der Waals surface area contributed by atoms with Gasteiger partial charge in [-0.15, -0.1) is 0 Å². The zero-order valence-corrected chi connectivity index (χ0v) is 20.9. The van der Waals surface area contributed by atoms with E-state index in [4.69, 9.17) is 9.47 Å². The van der Waals surface area contributed by atoms with Gasteiger partial charge in [-0.2, -0.15) is 22.0 Å². The minimum Gasteiger partial charge on any atom is -0.459 e. The van der Waals surface area contributed by atoms with Crippen molar-refractivity contribution in [3.63, 3.8) is 0 Å². The Morgan fingerprint density at radius 3 is 2.21 bits per heavy atom. The molecular formula is C23H36F5NO4S. The smallest absolute Gasteiger partial charge is 0.453 e. The molecule has 0 N–H and O–H groups in total. The third-order valence-electron chi connectivity index (χ3n) is 6.15. The Morgan fingerprint density at radius 2 is 1.68 bits per heavy atom. The number of hydrogen-bond donors (Lipinski definition) is 0. The number of hydrogen-bond acceptors (Lipinski definition) is 4. The van der Waals surface area contributed by atoms with Crippen molar-refractivity contribution in [1.29, 1.82) is 0 Å². The molecule has 2 fully saturated rings. The largest absolute Gasteiger partial charge is 0.459 e. The van der Waals surface area contributed by atoms with Gasteiger partial charge in [0.05, 0.1) is 0 Å². The first-order valence-electron chi connectivity index (χ1n) is 11.8. The van der Waals surface area contributed by atoms with Crippen LogP contribution in [0.2, 0.25) is 0 Å². The summed E-state index contributed by atoms with van der Waals surface area (Å²) in [7, 11) is -1.55. The molecule has 1 unspecified atom stereocenters. The maximum Gasteiger partial charge on any atom is 0.453 e. The topological polar surface area (TPSA) is 55.8 Å². The summed E-state index contributed by atoms with van der Waals surface area (Å²) in [5, 5.41) is 0. The zero-order valence-electron chi connectivity index (χ0n) is 20.1. The molecule has 0 bridgehead atoms. The summed E-state index contributed by atoms with van der Waals surface area (Å²) in [6.07, 6.45) is -0.437. The first kappa shape index (κ1) is 29.2. The number of esters is 1. The molecular weight excluding hydrogens is 481 g/mol. The fourth-order valence-electron chi connectivity index (χ4n) is 4.12. The highest BCUT2D eigenvalue weighted by Gasteiger charge is 2.56. The number of allylic oxidation sites excluding steroid dienone is 2. The van der Waals surface area contributed by atoms with Crippen LogP contribution in [0.1, 0.15) is 72.1 Å². The molecule has 1 atom stereocenters. The van der Waals surface area contributed by atoms with Gasteiger partial charge in [0.1, 0.15) is 16.6 Å². The minimum absolute atomic E-state index is 0.341. The monoisotopic (exact) mass is 517 g/mol. The van der Waals surface area contributed by atoms with E-state index in [2.05, 4.69) is 0 Å². The van der Waals surface area contributed by atoms with Gasteiger partial charge in [0, 0.05) is 32.7 Å². The molecule has 0 radical (unpaired) electrons. The molecule has 11 heteroatoms. The van der Waals surface area contributed by atoms with Crippen LogP contribution in [0.3, 0.4) is 0 Å². The van der Waals surface area contributed by atoms with Crippen LogP contribution in [0, 0.1) is 5.92 Å². The Bertz CT molecular complexity index is 722. The Morgan fingerprint density at radius 1 is 1.09 bits per heavy atom. The summed E-state index contributed by atoms with van der Waals surface area (Å²) in [6, 6.07) is 0. The highest BCUT2D eigenvalue weighted by atomic mass is 32.2. The van der Waals surface area contributed by atoms with Crippen LogP contribution in [0.5, 0.6) is 0 Å². The molecule has 2 aliphatic rings. The highest BCUT2D eigenvalue weighted by Crippen LogP contribution is 2.38. The lowest BCUT2D eigenvalue weighted by atomic mass is 9.92. The second-order valence-electron chi connectivity index (χ2n) is 10.0. The van der Waals surface area contributed by atoms with Gasteiger partial charge in [-0.1, -0.05) is 18.6 Å². The van der Waals surface area contributed by atoms with E-state index >= 15 is 0 Å². The molecule has 0 spiro atoms. The first-order chi connectivity index (χ1) is 15.7. The van der Waals surface area contributed by atoms with Gasteiger partial charge in [0.2, 0.25) is 0 Å². The number of unbranched alkanes of at least 4 members (excludes halogenated alkanes) is 1. The minimum atomic E-state index is -5.53. The maximum atomic E-state index is 13.5. The number of alkyl halides is 5. The van der Waals surface area contributed by atoms with Crippen LogP contribution in [0.4, 0.5) is 22.0 Å². The highest BCUT2D eigenvalue weighted by molar-refractivity contribution is 7.85. The average Bonchev–Trinajstić information content (AvgIpc) is 2.74. The molecule has 2 aliphatic heterocycles. The SMILES string of the molecule is CC(C)(C)OC(=O)C1(S(=O)N2CCC(CCC/C=C/CC(F)(F)C(F)(F)F)CC2)CCOCC1. The molecule has 0 saturated carbocycles. The van der Waals surface area contributed by atoms with Crippen molar-refractivity contribution in [2.75, 3.05) is 26.3 Å². The lowest BCUT2D eigenvalue weighted by molar-refractivity contribution is -0.280. The average molecular weight is 518 g/mol. The molecule has 0 aliphatic carbocycles. The van der Waals surface area contributed by atoms with Gasteiger partial charge in [0.15, 0.2) is 4.75 Å². The normalized spacial score (nSPS) is 22.1. The van der Waals surface area contributed by atoms with Crippen molar-refractivity contribution >= 4 is 17.0 Å². The molecule has 34 heavy (non-hydrogen) atoms. The number of rotatable bonds is 9. The van der Waals surface area contributed by atoms with Crippen molar-refractivity contribution in [2.24, 2.45) is 5.92 Å². The summed E-state index contributed by atoms with van der Waals surface area (Å²) in [5.74, 6) is -4.80. The number of piperidine rings is 1. The molecule has 2 saturated heterocycles. The fourth-order valence-corrected chi connectivity index (χ4v) is 5.86. The third-order valence-corrected chi connectivity index (χ3v) is 8.23. The van der Waals surface area contributed by atoms with Crippen LogP contribution in [-0.4, -0.2) is 63.2 Å². The Kier molecular flexibility index (Phi) is 10.1. The molecule has 0 aromatic heterocycles. The zero-order chi connectivity index (χ0) is 25.6. The molecule has 2 rings (SSSR count). The summed E-state index contributed by atoms with van der Waals surface area (Å²) in [5.41, 5.74) is -0.684. The molecule has 0 amide bonds. The van der Waals surface area contributed by atoms with Crippen LogP contribution in [0.15, 0.2) is 12.2 Å². The van der Waals surface area contributed by atoms with E-state index in [0.717, 1.165) is 25.3 Å². The number of carbonyl (C=O) groups is 1. The predicted molar refractivity (Wildman–Crippen MR) is 120 cm³/mol. The van der Waals surface area contributed by atoms with E-state index in [1.807, 2.05) is 4.31 Å². The van der Waals surface area contributed by atoms with Crippen molar-refractivity contribution in [3.05, 3.63) is 12.2 Å². The second-order valence-corrected chi connectivity index (χ2v) is 11.8. The Hall–Kier alpha value is -1.07. The Labute approximate surface area is 201 Å². The molecule has 2 heterocycles. The van der Waals surface area contributed by atoms with Crippen molar-refractivity contribution in [2.45, 2.75) is 94.6 Å². The van der Waals surface area contributed by atoms with E-state index < -0.39 is 45.8 Å². The van der Waals surface area contributed by atoms with E-state index in [1.54, 1.807) is 20.8 Å². The molecule has 0 aromatic carbocycles. The van der Waals surface area contributed by atoms with Gasteiger partial charge < -0.3 is 9.47 Å². The van der Waals surface area contributed by atoms with Crippen LogP contribution >= 0.6 is 0 Å². The fraction of sp³-hybridized carbons (Fsp3) is 0.870. The van der Waals surface area contributed by atoms with Crippen LogP contribution in [-0.2, 0) is 25.3 Å². The van der Waals surface area contributed by atoms with Gasteiger partial charge in [-0.25, -0.2) is 8.51 Å².